The summed E-state index contributed by atoms with van der Waals surface area (Å²) in [7, 11) is 0. The second kappa shape index (κ2) is 16.1. The summed E-state index contributed by atoms with van der Waals surface area (Å²) in [5, 5.41) is 20.7. The highest BCUT2D eigenvalue weighted by Crippen LogP contribution is 2.21. The zero-order valence-electron chi connectivity index (χ0n) is 20.9. The number of amides is 1. The van der Waals surface area contributed by atoms with E-state index in [9.17, 15) is 14.4 Å². The van der Waals surface area contributed by atoms with E-state index in [1.54, 1.807) is 12.1 Å². The number of carboxylic acid groups (broad SMARTS) is 2. The number of carboxylic acids is 2. The number of nitrogens with zero attached hydrogens (tertiary/aromatic N) is 1. The largest absolute Gasteiger partial charge is 0.491 e. The summed E-state index contributed by atoms with van der Waals surface area (Å²) in [5.74, 6) is -2.40. The van der Waals surface area contributed by atoms with Crippen molar-refractivity contribution in [2.24, 2.45) is 0 Å². The van der Waals surface area contributed by atoms with Crippen LogP contribution in [0.4, 0.5) is 5.69 Å². The molecular formula is C28H36N2O6. The van der Waals surface area contributed by atoms with Gasteiger partial charge in [0.15, 0.2) is 0 Å². The molecule has 0 saturated carbocycles. The van der Waals surface area contributed by atoms with Gasteiger partial charge in [0.05, 0.1) is 12.2 Å². The Labute approximate surface area is 212 Å². The molecule has 0 radical (unpaired) electrons. The van der Waals surface area contributed by atoms with Crippen LogP contribution in [-0.2, 0) is 4.79 Å². The summed E-state index contributed by atoms with van der Waals surface area (Å²) in [5.41, 5.74) is 0.635. The fourth-order valence-electron chi connectivity index (χ4n) is 3.68. The lowest BCUT2D eigenvalue weighted by molar-refractivity contribution is -0.131. The molecule has 194 valence electrons. The van der Waals surface area contributed by atoms with Gasteiger partial charge in [-0.1, -0.05) is 70.8 Å². The molecule has 1 aromatic heterocycles. The highest BCUT2D eigenvalue weighted by Gasteiger charge is 2.13. The number of aliphatic carboxylic acids is 1. The highest BCUT2D eigenvalue weighted by atomic mass is 16.5. The summed E-state index contributed by atoms with van der Waals surface area (Å²) >= 11 is 0. The molecule has 0 spiro atoms. The van der Waals surface area contributed by atoms with E-state index in [2.05, 4.69) is 17.2 Å². The predicted octanol–water partition coefficient (Wildman–Crippen LogP) is 6.43. The molecule has 0 bridgehead atoms. The molecule has 2 rings (SSSR count). The van der Waals surface area contributed by atoms with Crippen molar-refractivity contribution in [2.45, 2.75) is 71.1 Å². The molecular weight excluding hydrogens is 460 g/mol. The summed E-state index contributed by atoms with van der Waals surface area (Å²) in [6.45, 7) is 2.69. The molecule has 2 aromatic rings. The molecule has 0 aliphatic carbocycles. The van der Waals surface area contributed by atoms with Gasteiger partial charge in [0, 0.05) is 11.8 Å². The average Bonchev–Trinajstić information content (AvgIpc) is 2.86. The summed E-state index contributed by atoms with van der Waals surface area (Å²) in [6, 6.07) is 8.94. The summed E-state index contributed by atoms with van der Waals surface area (Å²) < 4.78 is 5.83. The maximum absolute atomic E-state index is 12.7. The van der Waals surface area contributed by atoms with Crippen LogP contribution in [-0.4, -0.2) is 39.6 Å². The fraction of sp³-hybridized carbons (Fsp3) is 0.429. The van der Waals surface area contributed by atoms with E-state index in [0.717, 1.165) is 25.3 Å². The number of rotatable bonds is 17. The zero-order chi connectivity index (χ0) is 26.2. The molecule has 3 N–H and O–H groups in total. The van der Waals surface area contributed by atoms with Crippen LogP contribution in [0.25, 0.3) is 6.08 Å². The SMILES string of the molecule is CCCCCCCCCCCCOc1ccc(C(=O)Nc2cccc(C(=O)O)c2)nc1/C=C/C(=O)O. The van der Waals surface area contributed by atoms with E-state index in [1.807, 2.05) is 0 Å². The van der Waals surface area contributed by atoms with Gasteiger partial charge >= 0.3 is 11.9 Å². The quantitative estimate of drug-likeness (QED) is 0.170. The van der Waals surface area contributed by atoms with Crippen molar-refractivity contribution in [3.63, 3.8) is 0 Å². The van der Waals surface area contributed by atoms with E-state index in [0.29, 0.717) is 18.0 Å². The van der Waals surface area contributed by atoms with Crippen LogP contribution < -0.4 is 10.1 Å². The van der Waals surface area contributed by atoms with Gasteiger partial charge < -0.3 is 20.3 Å². The van der Waals surface area contributed by atoms with E-state index >= 15 is 0 Å². The number of nitrogens with one attached hydrogen (secondary N) is 1. The molecule has 1 heterocycles. The highest BCUT2D eigenvalue weighted by molar-refractivity contribution is 6.03. The molecule has 0 fully saturated rings. The van der Waals surface area contributed by atoms with Crippen LogP contribution in [0.2, 0.25) is 0 Å². The number of aromatic nitrogens is 1. The molecule has 0 unspecified atom stereocenters. The number of carbonyl (C=O) groups is 3. The first kappa shape index (κ1) is 28.6. The number of aromatic carboxylic acids is 1. The lowest BCUT2D eigenvalue weighted by atomic mass is 10.1. The first-order valence-electron chi connectivity index (χ1n) is 12.6. The van der Waals surface area contributed by atoms with Gasteiger partial charge in [0.2, 0.25) is 0 Å². The second-order valence-electron chi connectivity index (χ2n) is 8.62. The van der Waals surface area contributed by atoms with Crippen molar-refractivity contribution in [2.75, 3.05) is 11.9 Å². The van der Waals surface area contributed by atoms with Gasteiger partial charge in [-0.05, 0) is 42.8 Å². The predicted molar refractivity (Wildman–Crippen MR) is 140 cm³/mol. The smallest absolute Gasteiger partial charge is 0.335 e. The third-order valence-electron chi connectivity index (χ3n) is 5.63. The Hall–Kier alpha value is -3.68. The van der Waals surface area contributed by atoms with Crippen molar-refractivity contribution in [1.29, 1.82) is 0 Å². The standard InChI is InChI=1S/C28H36N2O6/c1-2-3-4-5-6-7-8-9-10-11-19-36-25-17-15-24(30-23(25)16-18-26(31)32)27(33)29-22-14-12-13-21(20-22)28(34)35/h12-18,20H,2-11,19H2,1H3,(H,29,33)(H,31,32)(H,34,35)/b18-16+. The van der Waals surface area contributed by atoms with Crippen molar-refractivity contribution in [3.8, 4) is 5.75 Å². The lowest BCUT2D eigenvalue weighted by Crippen LogP contribution is -2.15. The van der Waals surface area contributed by atoms with Gasteiger partial charge in [-0.2, -0.15) is 0 Å². The Morgan fingerprint density at radius 2 is 1.58 bits per heavy atom. The number of benzene rings is 1. The van der Waals surface area contributed by atoms with Crippen molar-refractivity contribution < 1.29 is 29.3 Å². The number of carbonyl (C=O) groups excluding carboxylic acids is 1. The van der Waals surface area contributed by atoms with E-state index in [-0.39, 0.29) is 17.0 Å². The van der Waals surface area contributed by atoms with Gasteiger partial charge in [-0.25, -0.2) is 14.6 Å². The molecule has 36 heavy (non-hydrogen) atoms. The number of hydrogen-bond acceptors (Lipinski definition) is 5. The lowest BCUT2D eigenvalue weighted by Gasteiger charge is -2.11. The third kappa shape index (κ3) is 10.7. The van der Waals surface area contributed by atoms with Crippen molar-refractivity contribution >= 4 is 29.6 Å². The maximum Gasteiger partial charge on any atom is 0.335 e. The number of ether oxygens (including phenoxy) is 1. The second-order valence-corrected chi connectivity index (χ2v) is 8.62. The average molecular weight is 497 g/mol. The molecule has 0 aliphatic heterocycles. The number of unbranched alkanes of at least 4 members (excludes halogenated alkanes) is 9. The van der Waals surface area contributed by atoms with Gasteiger partial charge in [-0.15, -0.1) is 0 Å². The van der Waals surface area contributed by atoms with Crippen LogP contribution in [0.15, 0.2) is 42.5 Å². The Morgan fingerprint density at radius 3 is 2.22 bits per heavy atom. The minimum Gasteiger partial charge on any atom is -0.491 e. The molecule has 0 aliphatic rings. The van der Waals surface area contributed by atoms with Crippen LogP contribution >= 0.6 is 0 Å². The minimum atomic E-state index is -1.14. The summed E-state index contributed by atoms with van der Waals surface area (Å²) in [4.78, 5) is 39.1. The van der Waals surface area contributed by atoms with E-state index in [4.69, 9.17) is 14.9 Å². The first-order valence-corrected chi connectivity index (χ1v) is 12.6. The van der Waals surface area contributed by atoms with Crippen molar-refractivity contribution in [3.05, 3.63) is 59.4 Å². The molecule has 1 aromatic carbocycles. The van der Waals surface area contributed by atoms with E-state index < -0.39 is 17.8 Å². The number of anilines is 1. The monoisotopic (exact) mass is 496 g/mol. The van der Waals surface area contributed by atoms with Gasteiger partial charge in [0.1, 0.15) is 17.1 Å². The Morgan fingerprint density at radius 1 is 0.917 bits per heavy atom. The minimum absolute atomic E-state index is 0.0431. The van der Waals surface area contributed by atoms with Gasteiger partial charge in [0.25, 0.3) is 5.91 Å². The normalized spacial score (nSPS) is 10.9. The Bertz CT molecular complexity index is 1030. The third-order valence-corrected chi connectivity index (χ3v) is 5.63. The molecule has 8 heteroatoms. The topological polar surface area (TPSA) is 126 Å². The molecule has 0 atom stereocenters. The summed E-state index contributed by atoms with van der Waals surface area (Å²) in [6.07, 6.45) is 14.3. The van der Waals surface area contributed by atoms with Crippen LogP contribution in [0.1, 0.15) is 97.7 Å². The number of pyridine rings is 1. The Balaban J connectivity index is 1.90. The molecule has 8 nitrogen and oxygen atoms in total. The van der Waals surface area contributed by atoms with E-state index in [1.165, 1.54) is 75.3 Å². The first-order chi connectivity index (χ1) is 17.4. The van der Waals surface area contributed by atoms with Crippen molar-refractivity contribution in [1.82, 2.24) is 4.98 Å². The fourth-order valence-corrected chi connectivity index (χ4v) is 3.68. The zero-order valence-corrected chi connectivity index (χ0v) is 20.9. The Kier molecular flexibility index (Phi) is 12.8. The van der Waals surface area contributed by atoms with Crippen LogP contribution in [0.3, 0.4) is 0 Å². The molecule has 0 saturated heterocycles. The van der Waals surface area contributed by atoms with Crippen LogP contribution in [0.5, 0.6) is 5.75 Å². The van der Waals surface area contributed by atoms with Gasteiger partial charge in [-0.3, -0.25) is 4.79 Å². The maximum atomic E-state index is 12.7. The number of hydrogen-bond donors (Lipinski definition) is 3. The molecule has 1 amide bonds. The van der Waals surface area contributed by atoms with Crippen LogP contribution in [0, 0.1) is 0 Å².